The van der Waals surface area contributed by atoms with Gasteiger partial charge >= 0.3 is 0 Å². The highest BCUT2D eigenvalue weighted by atomic mass is 32.1. The Kier molecular flexibility index (Phi) is 5.02. The summed E-state index contributed by atoms with van der Waals surface area (Å²) in [5, 5.41) is 0.611. The van der Waals surface area contributed by atoms with Crippen molar-refractivity contribution in [2.24, 2.45) is 0 Å². The van der Waals surface area contributed by atoms with Gasteiger partial charge in [-0.05, 0) is 25.5 Å². The van der Waals surface area contributed by atoms with Gasteiger partial charge in [-0.1, -0.05) is 18.2 Å². The van der Waals surface area contributed by atoms with Gasteiger partial charge in [0.15, 0.2) is 5.13 Å². The molecule has 0 aliphatic carbocycles. The van der Waals surface area contributed by atoms with Crippen LogP contribution in [-0.2, 0) is 17.9 Å². The Labute approximate surface area is 133 Å². The predicted molar refractivity (Wildman–Crippen MR) is 86.0 cm³/mol. The summed E-state index contributed by atoms with van der Waals surface area (Å²) in [5.41, 5.74) is 6.29. The topological polar surface area (TPSA) is 51.4 Å². The van der Waals surface area contributed by atoms with Crippen LogP contribution < -0.4 is 5.73 Å². The first kappa shape index (κ1) is 15.4. The third-order valence-electron chi connectivity index (χ3n) is 3.85. The van der Waals surface area contributed by atoms with Crippen molar-refractivity contribution < 1.29 is 9.13 Å². The van der Waals surface area contributed by atoms with Gasteiger partial charge in [0.1, 0.15) is 5.82 Å². The molecule has 0 spiro atoms. The van der Waals surface area contributed by atoms with E-state index in [-0.39, 0.29) is 11.9 Å². The number of piperidine rings is 1. The Bertz CT molecular complexity index is 619. The summed E-state index contributed by atoms with van der Waals surface area (Å²) in [6.45, 7) is 3.11. The van der Waals surface area contributed by atoms with E-state index >= 15 is 0 Å². The second-order valence-corrected chi connectivity index (χ2v) is 6.71. The largest absolute Gasteiger partial charge is 0.375 e. The molecule has 2 aromatic rings. The zero-order valence-corrected chi connectivity index (χ0v) is 13.2. The summed E-state index contributed by atoms with van der Waals surface area (Å²) >= 11 is 1.53. The molecule has 118 valence electrons. The number of ether oxygens (including phenoxy) is 1. The summed E-state index contributed by atoms with van der Waals surface area (Å²) in [6, 6.07) is 6.78. The standard InChI is InChI=1S/C16H20FN3OS/c17-15-6-2-1-4-12(15)11-21-13-5-3-7-20(9-13)10-14-8-19-16(18)22-14/h1-2,4,6,8,13H,3,5,7,9-11H2,(H2,18,19)/t13-/m0/s1. The van der Waals surface area contributed by atoms with Crippen LogP contribution in [-0.4, -0.2) is 29.1 Å². The number of rotatable bonds is 5. The lowest BCUT2D eigenvalue weighted by atomic mass is 10.1. The molecule has 0 saturated carbocycles. The van der Waals surface area contributed by atoms with Crippen molar-refractivity contribution in [3.8, 4) is 0 Å². The van der Waals surface area contributed by atoms with E-state index in [0.29, 0.717) is 17.3 Å². The second-order valence-electron chi connectivity index (χ2n) is 5.57. The van der Waals surface area contributed by atoms with E-state index in [1.54, 1.807) is 12.1 Å². The first-order valence-corrected chi connectivity index (χ1v) is 8.30. The summed E-state index contributed by atoms with van der Waals surface area (Å²) in [7, 11) is 0. The van der Waals surface area contributed by atoms with Gasteiger partial charge in [0.25, 0.3) is 0 Å². The van der Waals surface area contributed by atoms with Crippen molar-refractivity contribution in [3.05, 3.63) is 46.7 Å². The Balaban J connectivity index is 1.51. The maximum Gasteiger partial charge on any atom is 0.180 e. The molecule has 1 fully saturated rings. The van der Waals surface area contributed by atoms with Crippen LogP contribution in [0.25, 0.3) is 0 Å². The van der Waals surface area contributed by atoms with Crippen molar-refractivity contribution in [2.75, 3.05) is 18.8 Å². The number of nitrogen functional groups attached to an aromatic ring is 1. The third kappa shape index (κ3) is 4.03. The minimum Gasteiger partial charge on any atom is -0.375 e. The number of halogens is 1. The molecule has 0 amide bonds. The summed E-state index contributed by atoms with van der Waals surface area (Å²) < 4.78 is 19.5. The van der Waals surface area contributed by atoms with E-state index in [1.165, 1.54) is 22.3 Å². The van der Waals surface area contributed by atoms with Gasteiger partial charge in [0.05, 0.1) is 12.7 Å². The van der Waals surface area contributed by atoms with Crippen LogP contribution in [0.5, 0.6) is 0 Å². The van der Waals surface area contributed by atoms with E-state index < -0.39 is 0 Å². The minimum atomic E-state index is -0.199. The molecule has 4 nitrogen and oxygen atoms in total. The summed E-state index contributed by atoms with van der Waals surface area (Å²) in [5.74, 6) is -0.199. The molecule has 0 bridgehead atoms. The molecule has 1 saturated heterocycles. The predicted octanol–water partition coefficient (Wildman–Crippen LogP) is 3.05. The summed E-state index contributed by atoms with van der Waals surface area (Å²) in [6.07, 6.45) is 4.11. The van der Waals surface area contributed by atoms with Gasteiger partial charge in [0.2, 0.25) is 0 Å². The molecule has 6 heteroatoms. The van der Waals surface area contributed by atoms with Crippen LogP contribution in [0.1, 0.15) is 23.3 Å². The molecular weight excluding hydrogens is 301 g/mol. The average molecular weight is 321 g/mol. The Morgan fingerprint density at radius 1 is 1.41 bits per heavy atom. The zero-order valence-electron chi connectivity index (χ0n) is 12.4. The first-order chi connectivity index (χ1) is 10.7. The molecule has 3 rings (SSSR count). The molecule has 2 heterocycles. The van der Waals surface area contributed by atoms with E-state index in [9.17, 15) is 4.39 Å². The van der Waals surface area contributed by atoms with Gasteiger partial charge in [-0.2, -0.15) is 0 Å². The van der Waals surface area contributed by atoms with Gasteiger partial charge < -0.3 is 10.5 Å². The Morgan fingerprint density at radius 3 is 3.05 bits per heavy atom. The number of benzene rings is 1. The molecule has 22 heavy (non-hydrogen) atoms. The van der Waals surface area contributed by atoms with Crippen LogP contribution in [0, 0.1) is 5.82 Å². The number of thiazole rings is 1. The average Bonchev–Trinajstić information content (AvgIpc) is 2.92. The lowest BCUT2D eigenvalue weighted by Gasteiger charge is -2.32. The van der Waals surface area contributed by atoms with Crippen LogP contribution in [0.3, 0.4) is 0 Å². The molecule has 0 radical (unpaired) electrons. The molecule has 1 aromatic carbocycles. The maximum atomic E-state index is 13.6. The molecule has 2 N–H and O–H groups in total. The van der Waals surface area contributed by atoms with Crippen molar-refractivity contribution in [1.82, 2.24) is 9.88 Å². The fraction of sp³-hybridized carbons (Fsp3) is 0.438. The van der Waals surface area contributed by atoms with E-state index in [1.807, 2.05) is 12.3 Å². The first-order valence-electron chi connectivity index (χ1n) is 7.48. The zero-order chi connectivity index (χ0) is 15.4. The minimum absolute atomic E-state index is 0.152. The molecule has 1 aromatic heterocycles. The van der Waals surface area contributed by atoms with Crippen molar-refractivity contribution in [2.45, 2.75) is 32.1 Å². The van der Waals surface area contributed by atoms with Gasteiger partial charge in [-0.3, -0.25) is 4.90 Å². The number of anilines is 1. The van der Waals surface area contributed by atoms with Gasteiger partial charge in [0, 0.05) is 29.7 Å². The SMILES string of the molecule is Nc1ncc(CN2CCC[C@H](OCc3ccccc3F)C2)s1. The fourth-order valence-electron chi connectivity index (χ4n) is 2.73. The molecule has 0 unspecified atom stereocenters. The van der Waals surface area contributed by atoms with Gasteiger partial charge in [-0.15, -0.1) is 11.3 Å². The highest BCUT2D eigenvalue weighted by Gasteiger charge is 2.21. The number of aromatic nitrogens is 1. The fourth-order valence-corrected chi connectivity index (χ4v) is 3.46. The number of hydrogen-bond acceptors (Lipinski definition) is 5. The monoisotopic (exact) mass is 321 g/mol. The van der Waals surface area contributed by atoms with Crippen molar-refractivity contribution in [3.63, 3.8) is 0 Å². The Morgan fingerprint density at radius 2 is 2.27 bits per heavy atom. The van der Waals surface area contributed by atoms with E-state index in [0.717, 1.165) is 32.5 Å². The quantitative estimate of drug-likeness (QED) is 0.919. The highest BCUT2D eigenvalue weighted by molar-refractivity contribution is 7.15. The lowest BCUT2D eigenvalue weighted by Crippen LogP contribution is -2.39. The smallest absolute Gasteiger partial charge is 0.180 e. The van der Waals surface area contributed by atoms with Crippen molar-refractivity contribution >= 4 is 16.5 Å². The lowest BCUT2D eigenvalue weighted by molar-refractivity contribution is -0.0127. The number of hydrogen-bond donors (Lipinski definition) is 1. The second kappa shape index (κ2) is 7.17. The highest BCUT2D eigenvalue weighted by Crippen LogP contribution is 2.21. The van der Waals surface area contributed by atoms with E-state index in [4.69, 9.17) is 10.5 Å². The van der Waals surface area contributed by atoms with Gasteiger partial charge in [-0.25, -0.2) is 9.37 Å². The third-order valence-corrected chi connectivity index (χ3v) is 4.66. The van der Waals surface area contributed by atoms with Crippen LogP contribution in [0.2, 0.25) is 0 Å². The van der Waals surface area contributed by atoms with Crippen molar-refractivity contribution in [1.29, 1.82) is 0 Å². The van der Waals surface area contributed by atoms with E-state index in [2.05, 4.69) is 9.88 Å². The van der Waals surface area contributed by atoms with Crippen LogP contribution >= 0.6 is 11.3 Å². The van der Waals surface area contributed by atoms with Crippen LogP contribution in [0.15, 0.2) is 30.5 Å². The molecular formula is C16H20FN3OS. The Hall–Kier alpha value is -1.50. The summed E-state index contributed by atoms with van der Waals surface area (Å²) in [4.78, 5) is 7.61. The number of nitrogens with two attached hydrogens (primary N) is 1. The molecule has 1 aliphatic heterocycles. The number of likely N-dealkylation sites (tertiary alicyclic amines) is 1. The maximum absolute atomic E-state index is 13.6. The molecule has 1 aliphatic rings. The van der Waals surface area contributed by atoms with Crippen LogP contribution in [0.4, 0.5) is 9.52 Å². The molecule has 1 atom stereocenters. The normalized spacial score (nSPS) is 19.4. The number of nitrogens with zero attached hydrogens (tertiary/aromatic N) is 2.